The lowest BCUT2D eigenvalue weighted by Gasteiger charge is -2.23. The van der Waals surface area contributed by atoms with Crippen LogP contribution in [0.25, 0.3) is 88.4 Å². The van der Waals surface area contributed by atoms with Gasteiger partial charge < -0.3 is 9.13 Å². The molecule has 266 valence electrons. The number of para-hydroxylation sites is 2. The van der Waals surface area contributed by atoms with Crippen LogP contribution in [0.5, 0.6) is 0 Å². The molecule has 0 fully saturated rings. The van der Waals surface area contributed by atoms with Gasteiger partial charge in [-0.05, 0) is 76.3 Å². The van der Waals surface area contributed by atoms with Crippen LogP contribution in [0.3, 0.4) is 0 Å². The number of nitriles is 1. The molecule has 0 radical (unpaired) electrons. The van der Waals surface area contributed by atoms with Crippen molar-refractivity contribution in [3.05, 3.63) is 193 Å². The first-order chi connectivity index (χ1) is 27.4. The van der Waals surface area contributed by atoms with Crippen molar-refractivity contribution >= 4 is 43.6 Å². The molecular formula is C50H30F3N3. The Morgan fingerprint density at radius 2 is 0.839 bits per heavy atom. The van der Waals surface area contributed by atoms with Crippen molar-refractivity contribution in [2.75, 3.05) is 0 Å². The molecule has 0 unspecified atom stereocenters. The van der Waals surface area contributed by atoms with Gasteiger partial charge in [0.05, 0.1) is 50.6 Å². The minimum absolute atomic E-state index is 0.353. The molecule has 2 heterocycles. The van der Waals surface area contributed by atoms with E-state index in [2.05, 4.69) is 42.5 Å². The van der Waals surface area contributed by atoms with Crippen molar-refractivity contribution in [2.45, 2.75) is 6.18 Å². The monoisotopic (exact) mass is 729 g/mol. The minimum atomic E-state index is -4.68. The molecule has 0 N–H and O–H groups in total. The van der Waals surface area contributed by atoms with Crippen molar-refractivity contribution in [1.29, 1.82) is 5.26 Å². The molecule has 10 rings (SSSR count). The summed E-state index contributed by atoms with van der Waals surface area (Å²) in [6, 6.07) is 59.9. The summed E-state index contributed by atoms with van der Waals surface area (Å²) < 4.78 is 50.3. The van der Waals surface area contributed by atoms with Gasteiger partial charge in [-0.3, -0.25) is 0 Å². The van der Waals surface area contributed by atoms with Gasteiger partial charge in [0.15, 0.2) is 0 Å². The van der Waals surface area contributed by atoms with Crippen LogP contribution in [0.4, 0.5) is 13.2 Å². The number of hydrogen-bond acceptors (Lipinski definition) is 1. The highest BCUT2D eigenvalue weighted by molar-refractivity contribution is 6.13. The van der Waals surface area contributed by atoms with E-state index >= 15 is 13.2 Å². The van der Waals surface area contributed by atoms with E-state index in [4.69, 9.17) is 0 Å². The van der Waals surface area contributed by atoms with E-state index in [1.807, 2.05) is 124 Å². The van der Waals surface area contributed by atoms with Crippen molar-refractivity contribution in [3.63, 3.8) is 0 Å². The van der Waals surface area contributed by atoms with Gasteiger partial charge in [-0.15, -0.1) is 0 Å². The Morgan fingerprint density at radius 1 is 0.393 bits per heavy atom. The topological polar surface area (TPSA) is 33.6 Å². The molecule has 6 heteroatoms. The van der Waals surface area contributed by atoms with E-state index in [1.54, 1.807) is 18.2 Å². The zero-order valence-corrected chi connectivity index (χ0v) is 29.8. The Labute approximate surface area is 320 Å². The predicted molar refractivity (Wildman–Crippen MR) is 221 cm³/mol. The van der Waals surface area contributed by atoms with E-state index in [1.165, 1.54) is 12.1 Å². The number of fused-ring (bicyclic) bond motifs is 6. The zero-order valence-electron chi connectivity index (χ0n) is 29.8. The van der Waals surface area contributed by atoms with Gasteiger partial charge in [0.1, 0.15) is 0 Å². The number of nitrogens with zero attached hydrogens (tertiary/aromatic N) is 3. The standard InChI is InChI=1S/C50H30F3N3/c51-50(52,53)38-29-47(55-43-20-9-7-18-39(43)41-24-22-35(27-45(41)55)33-13-3-1-4-14-33)49(37-17-11-12-32(26-37)31-54)48(30-38)56-44-21-10-8-19-40(44)42-25-23-36(28-46(42)56)34-15-5-2-6-16-34/h1-30H. The molecule has 10 aromatic rings. The van der Waals surface area contributed by atoms with Gasteiger partial charge in [0, 0.05) is 27.1 Å². The normalized spacial score (nSPS) is 11.8. The number of rotatable bonds is 5. The average Bonchev–Trinajstić information content (AvgIpc) is 3.75. The zero-order chi connectivity index (χ0) is 38.0. The summed E-state index contributed by atoms with van der Waals surface area (Å²) in [7, 11) is 0. The maximum absolute atomic E-state index is 15.4. The second kappa shape index (κ2) is 12.9. The molecule has 8 aromatic carbocycles. The maximum Gasteiger partial charge on any atom is 0.416 e. The van der Waals surface area contributed by atoms with E-state index < -0.39 is 11.7 Å². The van der Waals surface area contributed by atoms with Crippen molar-refractivity contribution in [2.24, 2.45) is 0 Å². The van der Waals surface area contributed by atoms with Crippen LogP contribution in [-0.2, 0) is 6.18 Å². The summed E-state index contributed by atoms with van der Waals surface area (Å²) >= 11 is 0. The summed E-state index contributed by atoms with van der Waals surface area (Å²) in [5.74, 6) is 0. The van der Waals surface area contributed by atoms with Crippen molar-refractivity contribution < 1.29 is 13.2 Å². The molecule has 3 nitrogen and oxygen atoms in total. The highest BCUT2D eigenvalue weighted by Crippen LogP contribution is 2.46. The number of aromatic nitrogens is 2. The third-order valence-electron chi connectivity index (χ3n) is 10.7. The van der Waals surface area contributed by atoms with Gasteiger partial charge in [-0.1, -0.05) is 133 Å². The fourth-order valence-electron chi connectivity index (χ4n) is 8.25. The first kappa shape index (κ1) is 33.2. The van der Waals surface area contributed by atoms with Gasteiger partial charge in [-0.25, -0.2) is 0 Å². The Kier molecular flexibility index (Phi) is 7.65. The second-order valence-corrected chi connectivity index (χ2v) is 14.0. The van der Waals surface area contributed by atoms with Crippen molar-refractivity contribution in [1.82, 2.24) is 9.13 Å². The summed E-state index contributed by atoms with van der Waals surface area (Å²) in [6.07, 6.45) is -4.68. The van der Waals surface area contributed by atoms with Crippen LogP contribution in [-0.4, -0.2) is 9.13 Å². The number of benzene rings is 8. The molecule has 0 atom stereocenters. The minimum Gasteiger partial charge on any atom is -0.309 e. The largest absolute Gasteiger partial charge is 0.416 e. The molecule has 0 aliphatic rings. The highest BCUT2D eigenvalue weighted by atomic mass is 19.4. The third-order valence-corrected chi connectivity index (χ3v) is 10.7. The number of alkyl halides is 3. The van der Waals surface area contributed by atoms with E-state index in [-0.39, 0.29) is 0 Å². The fraction of sp³-hybridized carbons (Fsp3) is 0.0200. The fourth-order valence-corrected chi connectivity index (χ4v) is 8.25. The van der Waals surface area contributed by atoms with E-state index in [9.17, 15) is 5.26 Å². The predicted octanol–water partition coefficient (Wildman–Crippen LogP) is 13.8. The molecule has 0 spiro atoms. The Balaban J connectivity index is 1.40. The Bertz CT molecular complexity index is 3010. The molecule has 0 saturated carbocycles. The Morgan fingerprint density at radius 3 is 1.32 bits per heavy atom. The average molecular weight is 730 g/mol. The summed E-state index contributed by atoms with van der Waals surface area (Å²) in [6.45, 7) is 0. The maximum atomic E-state index is 15.4. The lowest BCUT2D eigenvalue weighted by molar-refractivity contribution is -0.137. The highest BCUT2D eigenvalue weighted by Gasteiger charge is 2.34. The summed E-state index contributed by atoms with van der Waals surface area (Å²) in [4.78, 5) is 0. The third kappa shape index (κ3) is 5.36. The number of halogens is 3. The Hall–Kier alpha value is -7.36. The van der Waals surface area contributed by atoms with E-state index in [0.29, 0.717) is 28.1 Å². The van der Waals surface area contributed by atoms with Gasteiger partial charge in [0.25, 0.3) is 0 Å². The van der Waals surface area contributed by atoms with Gasteiger partial charge in [-0.2, -0.15) is 18.4 Å². The first-order valence-corrected chi connectivity index (χ1v) is 18.3. The quantitative estimate of drug-likeness (QED) is 0.174. The van der Waals surface area contributed by atoms with Crippen LogP contribution >= 0.6 is 0 Å². The van der Waals surface area contributed by atoms with Crippen LogP contribution in [0.1, 0.15) is 11.1 Å². The van der Waals surface area contributed by atoms with Gasteiger partial charge >= 0.3 is 6.18 Å². The van der Waals surface area contributed by atoms with Crippen LogP contribution in [0, 0.1) is 11.3 Å². The molecule has 0 aliphatic heterocycles. The molecular weight excluding hydrogens is 700 g/mol. The number of hydrogen-bond donors (Lipinski definition) is 0. The lowest BCUT2D eigenvalue weighted by Crippen LogP contribution is -2.11. The SMILES string of the molecule is N#Cc1cccc(-c2c(-n3c4ccccc4c4ccc(-c5ccccc5)cc43)cc(C(F)(F)F)cc2-n2c3ccccc3c3ccc(-c4ccccc4)cc32)c1. The molecule has 0 amide bonds. The smallest absolute Gasteiger partial charge is 0.309 e. The summed E-state index contributed by atoms with van der Waals surface area (Å²) in [5, 5.41) is 13.8. The van der Waals surface area contributed by atoms with Gasteiger partial charge in [0.2, 0.25) is 0 Å². The first-order valence-electron chi connectivity index (χ1n) is 18.3. The van der Waals surface area contributed by atoms with Crippen LogP contribution < -0.4 is 0 Å². The van der Waals surface area contributed by atoms with Crippen LogP contribution in [0.2, 0.25) is 0 Å². The molecule has 2 aromatic heterocycles. The van der Waals surface area contributed by atoms with Crippen molar-refractivity contribution in [3.8, 4) is 50.8 Å². The summed E-state index contributed by atoms with van der Waals surface area (Å²) in [5.41, 5.74) is 8.47. The van der Waals surface area contributed by atoms with Crippen LogP contribution in [0.15, 0.2) is 182 Å². The molecule has 0 aliphatic carbocycles. The van der Waals surface area contributed by atoms with E-state index in [0.717, 1.165) is 65.9 Å². The second-order valence-electron chi connectivity index (χ2n) is 14.0. The molecule has 0 saturated heterocycles. The molecule has 56 heavy (non-hydrogen) atoms. The lowest BCUT2D eigenvalue weighted by atomic mass is 9.96. The molecule has 0 bridgehead atoms.